The van der Waals surface area contributed by atoms with Gasteiger partial charge >= 0.3 is 5.97 Å². The van der Waals surface area contributed by atoms with Gasteiger partial charge < -0.3 is 10.1 Å². The SMILES string of the molecule is Cc1ccc(Cl)c(OC(=O)CC[C@H]2Cc3ccccc3NC2=O)c1. The molecule has 1 aliphatic heterocycles. The highest BCUT2D eigenvalue weighted by molar-refractivity contribution is 6.32. The summed E-state index contributed by atoms with van der Waals surface area (Å²) >= 11 is 6.03. The fraction of sp³-hybridized carbons (Fsp3) is 0.263. The molecular formula is C19H18ClNO3. The number of hydrogen-bond donors (Lipinski definition) is 1. The van der Waals surface area contributed by atoms with Crippen molar-refractivity contribution < 1.29 is 14.3 Å². The van der Waals surface area contributed by atoms with Crippen LogP contribution in [0.4, 0.5) is 5.69 Å². The molecule has 0 aromatic heterocycles. The van der Waals surface area contributed by atoms with Gasteiger partial charge in [0, 0.05) is 18.0 Å². The van der Waals surface area contributed by atoms with Gasteiger partial charge in [-0.3, -0.25) is 9.59 Å². The summed E-state index contributed by atoms with van der Waals surface area (Å²) in [5.74, 6) is -0.287. The fourth-order valence-electron chi connectivity index (χ4n) is 2.80. The number of halogens is 1. The third kappa shape index (κ3) is 3.77. The molecule has 1 atom stereocenters. The number of benzene rings is 2. The third-order valence-corrected chi connectivity index (χ3v) is 4.43. The lowest BCUT2D eigenvalue weighted by Crippen LogP contribution is -2.30. The minimum atomic E-state index is -0.380. The molecule has 0 radical (unpaired) electrons. The van der Waals surface area contributed by atoms with E-state index in [1.165, 1.54) is 0 Å². The summed E-state index contributed by atoms with van der Waals surface area (Å²) in [6, 6.07) is 13.0. The van der Waals surface area contributed by atoms with Crippen LogP contribution in [0.2, 0.25) is 5.02 Å². The van der Waals surface area contributed by atoms with E-state index in [9.17, 15) is 9.59 Å². The number of fused-ring (bicyclic) bond motifs is 1. The summed E-state index contributed by atoms with van der Waals surface area (Å²) in [5.41, 5.74) is 2.91. The Morgan fingerprint density at radius 2 is 2.08 bits per heavy atom. The topological polar surface area (TPSA) is 55.4 Å². The predicted molar refractivity (Wildman–Crippen MR) is 93.3 cm³/mol. The minimum Gasteiger partial charge on any atom is -0.425 e. The average Bonchev–Trinajstić information content (AvgIpc) is 2.56. The number of amides is 1. The van der Waals surface area contributed by atoms with E-state index in [-0.39, 0.29) is 24.2 Å². The second kappa shape index (κ2) is 7.05. The van der Waals surface area contributed by atoms with Gasteiger partial charge in [0.05, 0.1) is 5.02 Å². The molecule has 0 saturated heterocycles. The van der Waals surface area contributed by atoms with Gasteiger partial charge in [0.2, 0.25) is 5.91 Å². The van der Waals surface area contributed by atoms with Crippen molar-refractivity contribution >= 4 is 29.2 Å². The van der Waals surface area contributed by atoms with Crippen LogP contribution in [0.1, 0.15) is 24.0 Å². The Labute approximate surface area is 145 Å². The number of carbonyl (C=O) groups is 2. The lowest BCUT2D eigenvalue weighted by atomic mass is 9.90. The lowest BCUT2D eigenvalue weighted by Gasteiger charge is -2.24. The Morgan fingerprint density at radius 1 is 1.29 bits per heavy atom. The molecule has 5 heteroatoms. The van der Waals surface area contributed by atoms with Crippen LogP contribution >= 0.6 is 11.6 Å². The first-order valence-corrected chi connectivity index (χ1v) is 8.26. The predicted octanol–water partition coefficient (Wildman–Crippen LogP) is 4.15. The lowest BCUT2D eigenvalue weighted by molar-refractivity contribution is -0.134. The van der Waals surface area contributed by atoms with Crippen LogP contribution in [0.3, 0.4) is 0 Å². The molecule has 24 heavy (non-hydrogen) atoms. The summed E-state index contributed by atoms with van der Waals surface area (Å²) in [5, 5.41) is 3.29. The first kappa shape index (κ1) is 16.5. The van der Waals surface area contributed by atoms with E-state index in [4.69, 9.17) is 16.3 Å². The maximum Gasteiger partial charge on any atom is 0.311 e. The number of ether oxygens (including phenoxy) is 1. The Morgan fingerprint density at radius 3 is 2.92 bits per heavy atom. The normalized spacial score (nSPS) is 16.2. The Hall–Kier alpha value is -2.33. The standard InChI is InChI=1S/C19H18ClNO3/c1-12-6-8-15(20)17(10-12)24-18(22)9-7-14-11-13-4-2-3-5-16(13)21-19(14)23/h2-6,8,10,14H,7,9,11H2,1H3,(H,21,23)/t14-/m0/s1. The zero-order chi connectivity index (χ0) is 17.1. The number of para-hydroxylation sites is 1. The number of anilines is 1. The average molecular weight is 344 g/mol. The van der Waals surface area contributed by atoms with Crippen molar-refractivity contribution in [1.82, 2.24) is 0 Å². The first-order chi connectivity index (χ1) is 11.5. The van der Waals surface area contributed by atoms with E-state index >= 15 is 0 Å². The van der Waals surface area contributed by atoms with Gasteiger partial charge in [-0.1, -0.05) is 35.9 Å². The number of carbonyl (C=O) groups excluding carboxylic acids is 2. The van der Waals surface area contributed by atoms with E-state index in [0.717, 1.165) is 16.8 Å². The van der Waals surface area contributed by atoms with Crippen molar-refractivity contribution in [3.05, 3.63) is 58.6 Å². The second-order valence-corrected chi connectivity index (χ2v) is 6.40. The molecule has 3 rings (SSSR count). The van der Waals surface area contributed by atoms with Crippen LogP contribution in [-0.2, 0) is 16.0 Å². The Balaban J connectivity index is 1.59. The van der Waals surface area contributed by atoms with Crippen LogP contribution in [0.15, 0.2) is 42.5 Å². The molecule has 124 valence electrons. The van der Waals surface area contributed by atoms with Crippen LogP contribution < -0.4 is 10.1 Å². The highest BCUT2D eigenvalue weighted by Crippen LogP contribution is 2.29. The monoisotopic (exact) mass is 343 g/mol. The molecule has 0 bridgehead atoms. The summed E-state index contributed by atoms with van der Waals surface area (Å²) in [4.78, 5) is 24.2. The smallest absolute Gasteiger partial charge is 0.311 e. The summed E-state index contributed by atoms with van der Waals surface area (Å²) in [6.45, 7) is 1.90. The molecule has 2 aromatic carbocycles. The second-order valence-electron chi connectivity index (χ2n) is 5.99. The molecule has 0 aliphatic carbocycles. The molecule has 1 N–H and O–H groups in total. The molecule has 0 unspecified atom stereocenters. The molecule has 0 spiro atoms. The van der Waals surface area contributed by atoms with E-state index < -0.39 is 0 Å². The molecular weight excluding hydrogens is 326 g/mol. The molecule has 1 amide bonds. The molecule has 0 fully saturated rings. The third-order valence-electron chi connectivity index (χ3n) is 4.12. The highest BCUT2D eigenvalue weighted by Gasteiger charge is 2.26. The summed E-state index contributed by atoms with van der Waals surface area (Å²) < 4.78 is 5.32. The van der Waals surface area contributed by atoms with Gasteiger partial charge in [-0.05, 0) is 49.1 Å². The van der Waals surface area contributed by atoms with Crippen LogP contribution in [0.5, 0.6) is 5.75 Å². The number of nitrogens with one attached hydrogen (secondary N) is 1. The van der Waals surface area contributed by atoms with Crippen molar-refractivity contribution in [2.45, 2.75) is 26.2 Å². The number of rotatable bonds is 4. The maximum atomic E-state index is 12.1. The van der Waals surface area contributed by atoms with E-state index in [1.807, 2.05) is 37.3 Å². The van der Waals surface area contributed by atoms with Gasteiger partial charge in [0.1, 0.15) is 5.75 Å². The van der Waals surface area contributed by atoms with E-state index in [2.05, 4.69) is 5.32 Å². The minimum absolute atomic E-state index is 0.0462. The van der Waals surface area contributed by atoms with E-state index in [1.54, 1.807) is 12.1 Å². The van der Waals surface area contributed by atoms with Crippen molar-refractivity contribution in [2.75, 3.05) is 5.32 Å². The maximum absolute atomic E-state index is 12.1. The number of hydrogen-bond acceptors (Lipinski definition) is 3. The van der Waals surface area contributed by atoms with Crippen molar-refractivity contribution in [3.8, 4) is 5.75 Å². The molecule has 2 aromatic rings. The highest BCUT2D eigenvalue weighted by atomic mass is 35.5. The van der Waals surface area contributed by atoms with Crippen molar-refractivity contribution in [3.63, 3.8) is 0 Å². The summed E-state index contributed by atoms with van der Waals surface area (Å²) in [6.07, 6.45) is 1.26. The number of aryl methyl sites for hydroxylation is 1. The zero-order valence-corrected chi connectivity index (χ0v) is 14.1. The molecule has 1 aliphatic rings. The Bertz CT molecular complexity index is 788. The van der Waals surface area contributed by atoms with Crippen LogP contribution in [0, 0.1) is 12.8 Å². The first-order valence-electron chi connectivity index (χ1n) is 7.88. The van der Waals surface area contributed by atoms with Gasteiger partial charge in [-0.2, -0.15) is 0 Å². The van der Waals surface area contributed by atoms with Gasteiger partial charge in [-0.25, -0.2) is 0 Å². The largest absolute Gasteiger partial charge is 0.425 e. The van der Waals surface area contributed by atoms with Gasteiger partial charge in [0.15, 0.2) is 0 Å². The van der Waals surface area contributed by atoms with Crippen LogP contribution in [-0.4, -0.2) is 11.9 Å². The molecule has 1 heterocycles. The van der Waals surface area contributed by atoms with Crippen molar-refractivity contribution in [1.29, 1.82) is 0 Å². The zero-order valence-electron chi connectivity index (χ0n) is 13.3. The number of esters is 1. The molecule has 4 nitrogen and oxygen atoms in total. The fourth-order valence-corrected chi connectivity index (χ4v) is 2.96. The van der Waals surface area contributed by atoms with Gasteiger partial charge in [0.25, 0.3) is 0 Å². The van der Waals surface area contributed by atoms with Crippen LogP contribution in [0.25, 0.3) is 0 Å². The Kier molecular flexibility index (Phi) is 4.86. The summed E-state index contributed by atoms with van der Waals surface area (Å²) in [7, 11) is 0. The van der Waals surface area contributed by atoms with Crippen molar-refractivity contribution in [2.24, 2.45) is 5.92 Å². The molecule has 0 saturated carbocycles. The quantitative estimate of drug-likeness (QED) is 0.670. The van der Waals surface area contributed by atoms with Gasteiger partial charge in [-0.15, -0.1) is 0 Å². The van der Waals surface area contributed by atoms with E-state index in [0.29, 0.717) is 23.6 Å².